The van der Waals surface area contributed by atoms with Crippen molar-refractivity contribution in [1.82, 2.24) is 5.32 Å². The molecule has 0 aliphatic heterocycles. The third kappa shape index (κ3) is 2.94. The van der Waals surface area contributed by atoms with Gasteiger partial charge >= 0.3 is 0 Å². The molecule has 0 spiro atoms. The standard InChI is InChI=1S/C13H26N2/c1-2-3-11(8-14)9-15-10-13(6-7-13)12-4-5-12/h11-12,15H,2-10,14H2,1H3. The Morgan fingerprint density at radius 3 is 2.60 bits per heavy atom. The predicted octanol–water partition coefficient (Wildman–Crippen LogP) is 2.14. The van der Waals surface area contributed by atoms with Crippen LogP contribution in [0.2, 0.25) is 0 Å². The summed E-state index contributed by atoms with van der Waals surface area (Å²) in [6, 6.07) is 0. The minimum absolute atomic E-state index is 0.699. The molecule has 2 aliphatic carbocycles. The van der Waals surface area contributed by atoms with Crippen molar-refractivity contribution in [1.29, 1.82) is 0 Å². The van der Waals surface area contributed by atoms with Gasteiger partial charge in [0, 0.05) is 6.54 Å². The minimum Gasteiger partial charge on any atom is -0.330 e. The Hall–Kier alpha value is -0.0800. The van der Waals surface area contributed by atoms with E-state index in [1.807, 2.05) is 0 Å². The van der Waals surface area contributed by atoms with E-state index in [1.54, 1.807) is 0 Å². The summed E-state index contributed by atoms with van der Waals surface area (Å²) in [5.74, 6) is 1.78. The van der Waals surface area contributed by atoms with Crippen molar-refractivity contribution < 1.29 is 0 Å². The van der Waals surface area contributed by atoms with Crippen molar-refractivity contribution in [2.45, 2.75) is 45.4 Å². The zero-order valence-corrected chi connectivity index (χ0v) is 10.1. The molecule has 0 aromatic heterocycles. The summed E-state index contributed by atoms with van der Waals surface area (Å²) in [5, 5.41) is 3.67. The lowest BCUT2D eigenvalue weighted by Crippen LogP contribution is -2.33. The fourth-order valence-electron chi connectivity index (χ4n) is 2.82. The average molecular weight is 210 g/mol. The summed E-state index contributed by atoms with van der Waals surface area (Å²) in [7, 11) is 0. The quantitative estimate of drug-likeness (QED) is 0.644. The van der Waals surface area contributed by atoms with Crippen molar-refractivity contribution in [2.24, 2.45) is 23.0 Å². The van der Waals surface area contributed by atoms with Crippen molar-refractivity contribution in [3.8, 4) is 0 Å². The first kappa shape index (κ1) is 11.4. The van der Waals surface area contributed by atoms with Gasteiger partial charge in [0.1, 0.15) is 0 Å². The normalized spacial score (nSPS) is 25.2. The Morgan fingerprint density at radius 2 is 2.13 bits per heavy atom. The van der Waals surface area contributed by atoms with Crippen LogP contribution in [0.5, 0.6) is 0 Å². The summed E-state index contributed by atoms with van der Waals surface area (Å²) in [6.45, 7) is 5.49. The highest BCUT2D eigenvalue weighted by molar-refractivity contribution is 5.05. The maximum absolute atomic E-state index is 5.76. The molecular weight excluding hydrogens is 184 g/mol. The topological polar surface area (TPSA) is 38.0 Å². The van der Waals surface area contributed by atoms with Gasteiger partial charge in [-0.1, -0.05) is 13.3 Å². The molecule has 15 heavy (non-hydrogen) atoms. The summed E-state index contributed by atoms with van der Waals surface area (Å²) in [5.41, 5.74) is 6.50. The van der Waals surface area contributed by atoms with Gasteiger partial charge in [0.25, 0.3) is 0 Å². The van der Waals surface area contributed by atoms with E-state index in [0.29, 0.717) is 5.92 Å². The largest absolute Gasteiger partial charge is 0.330 e. The van der Waals surface area contributed by atoms with E-state index in [9.17, 15) is 0 Å². The average Bonchev–Trinajstić information content (AvgIpc) is 3.08. The third-order valence-corrected chi connectivity index (χ3v) is 4.28. The van der Waals surface area contributed by atoms with Crippen molar-refractivity contribution in [3.05, 3.63) is 0 Å². The van der Waals surface area contributed by atoms with E-state index in [0.717, 1.165) is 24.4 Å². The summed E-state index contributed by atoms with van der Waals surface area (Å²) < 4.78 is 0. The maximum atomic E-state index is 5.76. The molecule has 1 atom stereocenters. The van der Waals surface area contributed by atoms with Gasteiger partial charge in [0.05, 0.1) is 0 Å². The minimum atomic E-state index is 0.699. The van der Waals surface area contributed by atoms with E-state index in [4.69, 9.17) is 5.73 Å². The summed E-state index contributed by atoms with van der Waals surface area (Å²) in [4.78, 5) is 0. The monoisotopic (exact) mass is 210 g/mol. The van der Waals surface area contributed by atoms with Gasteiger partial charge in [-0.25, -0.2) is 0 Å². The maximum Gasteiger partial charge on any atom is 0.00106 e. The lowest BCUT2D eigenvalue weighted by Gasteiger charge is -2.19. The van der Waals surface area contributed by atoms with Gasteiger partial charge in [-0.15, -0.1) is 0 Å². The molecule has 2 saturated carbocycles. The first-order valence-electron chi connectivity index (χ1n) is 6.71. The molecule has 0 radical (unpaired) electrons. The molecule has 2 aliphatic rings. The van der Waals surface area contributed by atoms with Crippen LogP contribution in [0.15, 0.2) is 0 Å². The Morgan fingerprint density at radius 1 is 1.40 bits per heavy atom. The highest BCUT2D eigenvalue weighted by Crippen LogP contribution is 2.60. The van der Waals surface area contributed by atoms with Gasteiger partial charge in [-0.05, 0) is 62.4 Å². The second kappa shape index (κ2) is 4.84. The fourth-order valence-corrected chi connectivity index (χ4v) is 2.82. The van der Waals surface area contributed by atoms with Gasteiger partial charge in [-0.3, -0.25) is 0 Å². The van der Waals surface area contributed by atoms with Crippen molar-refractivity contribution in [2.75, 3.05) is 19.6 Å². The molecule has 2 nitrogen and oxygen atoms in total. The molecule has 3 N–H and O–H groups in total. The van der Waals surface area contributed by atoms with Gasteiger partial charge in [-0.2, -0.15) is 0 Å². The van der Waals surface area contributed by atoms with Crippen LogP contribution in [-0.4, -0.2) is 19.6 Å². The number of hydrogen-bond donors (Lipinski definition) is 2. The van der Waals surface area contributed by atoms with Crippen LogP contribution >= 0.6 is 0 Å². The Kier molecular flexibility index (Phi) is 3.68. The number of rotatable bonds is 8. The molecule has 0 aromatic carbocycles. The predicted molar refractivity (Wildman–Crippen MR) is 64.7 cm³/mol. The van der Waals surface area contributed by atoms with E-state index in [1.165, 1.54) is 45.1 Å². The molecule has 0 heterocycles. The number of nitrogens with two attached hydrogens (primary N) is 1. The van der Waals surface area contributed by atoms with Crippen LogP contribution in [-0.2, 0) is 0 Å². The van der Waals surface area contributed by atoms with E-state index < -0.39 is 0 Å². The zero-order chi connectivity index (χ0) is 10.7. The second-order valence-corrected chi connectivity index (χ2v) is 5.66. The lowest BCUT2D eigenvalue weighted by atomic mass is 9.99. The first-order valence-corrected chi connectivity index (χ1v) is 6.71. The third-order valence-electron chi connectivity index (χ3n) is 4.28. The fraction of sp³-hybridized carbons (Fsp3) is 1.00. The number of hydrogen-bond acceptors (Lipinski definition) is 2. The van der Waals surface area contributed by atoms with Gasteiger partial charge in [0.15, 0.2) is 0 Å². The Bertz CT molecular complexity index is 195. The van der Waals surface area contributed by atoms with Crippen LogP contribution in [0.25, 0.3) is 0 Å². The molecule has 0 saturated heterocycles. The van der Waals surface area contributed by atoms with Crippen LogP contribution in [0, 0.1) is 17.3 Å². The number of nitrogens with one attached hydrogen (secondary N) is 1. The molecule has 2 fully saturated rings. The molecule has 2 heteroatoms. The highest BCUT2D eigenvalue weighted by atomic mass is 14.9. The molecular formula is C13H26N2. The van der Waals surface area contributed by atoms with Gasteiger partial charge in [0.2, 0.25) is 0 Å². The first-order chi connectivity index (χ1) is 7.30. The SMILES string of the molecule is CCCC(CN)CNCC1(C2CC2)CC1. The zero-order valence-electron chi connectivity index (χ0n) is 10.1. The molecule has 0 amide bonds. The molecule has 0 aromatic rings. The highest BCUT2D eigenvalue weighted by Gasteiger charge is 2.53. The van der Waals surface area contributed by atoms with Gasteiger partial charge < -0.3 is 11.1 Å². The molecule has 88 valence electrons. The summed E-state index contributed by atoms with van der Waals surface area (Å²) >= 11 is 0. The van der Waals surface area contributed by atoms with Crippen LogP contribution in [0.1, 0.15) is 45.4 Å². The Labute approximate surface area is 94.0 Å². The van der Waals surface area contributed by atoms with E-state index >= 15 is 0 Å². The van der Waals surface area contributed by atoms with Crippen molar-refractivity contribution in [3.63, 3.8) is 0 Å². The lowest BCUT2D eigenvalue weighted by molar-refractivity contribution is 0.370. The molecule has 1 unspecified atom stereocenters. The molecule has 2 rings (SSSR count). The van der Waals surface area contributed by atoms with Crippen LogP contribution in [0.4, 0.5) is 0 Å². The smallest absolute Gasteiger partial charge is 0.00106 e. The van der Waals surface area contributed by atoms with Crippen molar-refractivity contribution >= 4 is 0 Å². The second-order valence-electron chi connectivity index (χ2n) is 5.66. The van der Waals surface area contributed by atoms with Crippen LogP contribution in [0.3, 0.4) is 0 Å². The Balaban J connectivity index is 1.61. The van der Waals surface area contributed by atoms with Crippen LogP contribution < -0.4 is 11.1 Å². The summed E-state index contributed by atoms with van der Waals surface area (Å²) in [6.07, 6.45) is 8.49. The molecule has 0 bridgehead atoms. The van der Waals surface area contributed by atoms with E-state index in [2.05, 4.69) is 12.2 Å². The van der Waals surface area contributed by atoms with E-state index in [-0.39, 0.29) is 0 Å².